The van der Waals surface area contributed by atoms with E-state index in [0.717, 1.165) is 0 Å². The average molecular weight is 401 g/mol. The number of benzene rings is 1. The van der Waals surface area contributed by atoms with E-state index in [4.69, 9.17) is 11.6 Å². The summed E-state index contributed by atoms with van der Waals surface area (Å²) in [7, 11) is -3.42. The van der Waals surface area contributed by atoms with Gasteiger partial charge in [-0.3, -0.25) is 15.6 Å². The molecule has 26 heavy (non-hydrogen) atoms. The quantitative estimate of drug-likeness (QED) is 0.713. The number of hydrogen-bond donors (Lipinski definition) is 3. The van der Waals surface area contributed by atoms with Gasteiger partial charge in [0.2, 0.25) is 15.9 Å². The van der Waals surface area contributed by atoms with Gasteiger partial charge in [0.25, 0.3) is 0 Å². The van der Waals surface area contributed by atoms with Crippen molar-refractivity contribution in [3.05, 3.63) is 29.3 Å². The second kappa shape index (κ2) is 7.82. The lowest BCUT2D eigenvalue weighted by Gasteiger charge is -2.33. The molecular weight excluding hydrogens is 376 g/mol. The highest BCUT2D eigenvalue weighted by Gasteiger charge is 2.44. The van der Waals surface area contributed by atoms with E-state index < -0.39 is 15.3 Å². The molecule has 7 nitrogen and oxygen atoms in total. The van der Waals surface area contributed by atoms with Crippen LogP contribution in [0.5, 0.6) is 0 Å². The van der Waals surface area contributed by atoms with Crippen molar-refractivity contribution in [1.29, 1.82) is 0 Å². The zero-order chi connectivity index (χ0) is 18.9. The van der Waals surface area contributed by atoms with Crippen LogP contribution in [-0.2, 0) is 14.8 Å². The number of nitrogens with one attached hydrogen (secondary N) is 3. The number of carbonyl (C=O) groups excluding carboxylic acids is 1. The van der Waals surface area contributed by atoms with Gasteiger partial charge in [-0.2, -0.15) is 0 Å². The van der Waals surface area contributed by atoms with Gasteiger partial charge >= 0.3 is 0 Å². The Morgan fingerprint density at radius 3 is 2.31 bits per heavy atom. The molecule has 0 radical (unpaired) electrons. The summed E-state index contributed by atoms with van der Waals surface area (Å²) < 4.78 is 27.4. The van der Waals surface area contributed by atoms with Gasteiger partial charge in [-0.1, -0.05) is 23.7 Å². The summed E-state index contributed by atoms with van der Waals surface area (Å²) >= 11 is 6.08. The summed E-state index contributed by atoms with van der Waals surface area (Å²) in [5.41, 5.74) is 6.57. The number of carbonyl (C=O) groups is 1. The molecule has 2 fully saturated rings. The predicted molar refractivity (Wildman–Crippen MR) is 102 cm³/mol. The second-order valence-corrected chi connectivity index (χ2v) is 9.52. The van der Waals surface area contributed by atoms with Crippen LogP contribution in [-0.4, -0.2) is 49.1 Å². The van der Waals surface area contributed by atoms with Crippen molar-refractivity contribution in [2.45, 2.75) is 44.0 Å². The normalized spacial score (nSPS) is 28.2. The highest BCUT2D eigenvalue weighted by atomic mass is 35.5. The van der Waals surface area contributed by atoms with Gasteiger partial charge in [-0.25, -0.2) is 12.7 Å². The van der Waals surface area contributed by atoms with E-state index in [0.29, 0.717) is 36.6 Å². The van der Waals surface area contributed by atoms with Crippen molar-refractivity contribution in [3.63, 3.8) is 0 Å². The van der Waals surface area contributed by atoms with Crippen molar-refractivity contribution >= 4 is 33.2 Å². The summed E-state index contributed by atoms with van der Waals surface area (Å²) in [6.45, 7) is 4.45. The number of para-hydroxylation sites is 1. The molecule has 2 atom stereocenters. The first-order valence-corrected chi connectivity index (χ1v) is 10.7. The van der Waals surface area contributed by atoms with E-state index >= 15 is 0 Å². The Balaban J connectivity index is 1.60. The number of rotatable bonds is 4. The van der Waals surface area contributed by atoms with Crippen LogP contribution in [0.1, 0.15) is 26.7 Å². The molecule has 2 aliphatic heterocycles. The molecule has 0 spiro atoms. The Hall–Kier alpha value is -1.19. The Bertz CT molecular complexity index is 755. The third-order valence-electron chi connectivity index (χ3n) is 5.18. The fraction of sp³-hybridized carbons (Fsp3) is 0.588. The number of amides is 1. The van der Waals surface area contributed by atoms with Gasteiger partial charge < -0.3 is 5.32 Å². The predicted octanol–water partition coefficient (Wildman–Crippen LogP) is 1.57. The van der Waals surface area contributed by atoms with Gasteiger partial charge in [0, 0.05) is 31.1 Å². The molecule has 3 rings (SSSR count). The Labute approximate surface area is 159 Å². The van der Waals surface area contributed by atoms with E-state index in [2.05, 4.69) is 16.2 Å². The molecule has 1 aromatic rings. The topological polar surface area (TPSA) is 90.5 Å². The largest absolute Gasteiger partial charge is 0.325 e. The molecule has 2 aliphatic rings. The summed E-state index contributed by atoms with van der Waals surface area (Å²) in [6, 6.07) is 6.77. The minimum atomic E-state index is -3.42. The van der Waals surface area contributed by atoms with Gasteiger partial charge in [-0.15, -0.1) is 0 Å². The van der Waals surface area contributed by atoms with Crippen molar-refractivity contribution in [1.82, 2.24) is 15.2 Å². The number of nitrogens with zero attached hydrogens (tertiary/aromatic N) is 1. The first-order valence-electron chi connectivity index (χ1n) is 8.86. The number of hydrazine groups is 1. The van der Waals surface area contributed by atoms with E-state index in [1.165, 1.54) is 4.31 Å². The van der Waals surface area contributed by atoms with Crippen LogP contribution in [0.15, 0.2) is 24.3 Å². The third kappa shape index (κ3) is 3.89. The average Bonchev–Trinajstić information content (AvgIpc) is 2.96. The number of hydrogen-bond acceptors (Lipinski definition) is 5. The zero-order valence-electron chi connectivity index (χ0n) is 14.9. The highest BCUT2D eigenvalue weighted by molar-refractivity contribution is 7.89. The van der Waals surface area contributed by atoms with Crippen LogP contribution in [0.4, 0.5) is 5.69 Å². The van der Waals surface area contributed by atoms with Crippen molar-refractivity contribution in [3.8, 4) is 0 Å². The van der Waals surface area contributed by atoms with E-state index in [-0.39, 0.29) is 23.9 Å². The molecule has 2 heterocycles. The third-order valence-corrected chi connectivity index (χ3v) is 8.10. The maximum atomic E-state index is 12.9. The standard InChI is InChI=1S/C17H25ClN4O3S/c1-11-16(12(2)21-20-11)26(24,25)22-9-7-13(8-10-22)17(23)19-15-6-4-3-5-14(15)18/h3-6,11-13,16,20-21H,7-10H2,1-2H3,(H,19,23). The molecule has 1 amide bonds. The molecule has 0 aliphatic carbocycles. The number of anilines is 1. The minimum Gasteiger partial charge on any atom is -0.325 e. The number of sulfonamides is 1. The van der Waals surface area contributed by atoms with Crippen LogP contribution in [0, 0.1) is 5.92 Å². The minimum absolute atomic E-state index is 0.110. The van der Waals surface area contributed by atoms with Crippen LogP contribution in [0.3, 0.4) is 0 Å². The molecule has 144 valence electrons. The van der Waals surface area contributed by atoms with Gasteiger partial charge in [0.1, 0.15) is 5.25 Å². The van der Waals surface area contributed by atoms with Crippen LogP contribution < -0.4 is 16.2 Å². The van der Waals surface area contributed by atoms with Crippen molar-refractivity contribution in [2.75, 3.05) is 18.4 Å². The van der Waals surface area contributed by atoms with E-state index in [1.54, 1.807) is 18.2 Å². The summed E-state index contributed by atoms with van der Waals surface area (Å²) in [5, 5.41) is 2.83. The zero-order valence-corrected chi connectivity index (χ0v) is 16.5. The molecule has 2 unspecified atom stereocenters. The van der Waals surface area contributed by atoms with E-state index in [9.17, 15) is 13.2 Å². The highest BCUT2D eigenvalue weighted by Crippen LogP contribution is 2.27. The second-order valence-electron chi connectivity index (χ2n) is 7.02. The lowest BCUT2D eigenvalue weighted by Crippen LogP contribution is -2.50. The lowest BCUT2D eigenvalue weighted by molar-refractivity contribution is -0.120. The van der Waals surface area contributed by atoms with Gasteiger partial charge in [0.05, 0.1) is 10.7 Å². The summed E-state index contributed by atoms with van der Waals surface area (Å²) in [6.07, 6.45) is 1.01. The first-order chi connectivity index (χ1) is 12.3. The smallest absolute Gasteiger partial charge is 0.227 e. The van der Waals surface area contributed by atoms with Crippen molar-refractivity contribution in [2.24, 2.45) is 5.92 Å². The molecule has 0 bridgehead atoms. The van der Waals surface area contributed by atoms with Gasteiger partial charge in [0.15, 0.2) is 0 Å². The lowest BCUT2D eigenvalue weighted by atomic mass is 9.97. The fourth-order valence-electron chi connectivity index (χ4n) is 3.72. The first kappa shape index (κ1) is 19.6. The molecule has 0 aromatic heterocycles. The molecule has 2 saturated heterocycles. The maximum Gasteiger partial charge on any atom is 0.227 e. The van der Waals surface area contributed by atoms with Crippen molar-refractivity contribution < 1.29 is 13.2 Å². The molecule has 3 N–H and O–H groups in total. The Kier molecular flexibility index (Phi) is 5.88. The monoisotopic (exact) mass is 400 g/mol. The molecule has 9 heteroatoms. The fourth-order valence-corrected chi connectivity index (χ4v) is 6.13. The molecule has 0 saturated carbocycles. The Morgan fingerprint density at radius 1 is 1.15 bits per heavy atom. The summed E-state index contributed by atoms with van der Waals surface area (Å²) in [4.78, 5) is 12.5. The summed E-state index contributed by atoms with van der Waals surface area (Å²) in [5.74, 6) is -0.325. The number of piperidine rings is 1. The van der Waals surface area contributed by atoms with Gasteiger partial charge in [-0.05, 0) is 38.8 Å². The SMILES string of the molecule is CC1NNC(C)C1S(=O)(=O)N1CCC(C(=O)Nc2ccccc2Cl)CC1. The van der Waals surface area contributed by atoms with E-state index in [1.807, 2.05) is 19.9 Å². The van der Waals surface area contributed by atoms with Crippen LogP contribution in [0.2, 0.25) is 5.02 Å². The van der Waals surface area contributed by atoms with Crippen LogP contribution >= 0.6 is 11.6 Å². The van der Waals surface area contributed by atoms with Crippen LogP contribution in [0.25, 0.3) is 0 Å². The Morgan fingerprint density at radius 2 is 1.73 bits per heavy atom. The molecule has 1 aromatic carbocycles. The number of halogens is 1. The maximum absolute atomic E-state index is 12.9. The molecular formula is C17H25ClN4O3S.